The molecule has 0 bridgehead atoms. The number of hydrogen-bond acceptors (Lipinski definition) is 3. The van der Waals surface area contributed by atoms with Crippen LogP contribution in [0.5, 0.6) is 5.75 Å². The Balaban J connectivity index is 3.05. The second-order valence-electron chi connectivity index (χ2n) is 2.14. The van der Waals surface area contributed by atoms with E-state index in [4.69, 9.17) is 5.26 Å². The van der Waals surface area contributed by atoms with Gasteiger partial charge >= 0.3 is 6.36 Å². The zero-order valence-electron chi connectivity index (χ0n) is 6.47. The van der Waals surface area contributed by atoms with Crippen molar-refractivity contribution in [2.75, 3.05) is 0 Å². The van der Waals surface area contributed by atoms with E-state index in [1.807, 2.05) is 0 Å². The highest BCUT2D eigenvalue weighted by molar-refractivity contribution is 9.10. The Morgan fingerprint density at radius 3 is 2.57 bits per heavy atom. The van der Waals surface area contributed by atoms with E-state index in [2.05, 4.69) is 25.7 Å². The maximum atomic E-state index is 11.8. The molecule has 0 N–H and O–H groups in total. The second kappa shape index (κ2) is 3.84. The Kier molecular flexibility index (Phi) is 2.96. The lowest BCUT2D eigenvalue weighted by atomic mass is 10.3. The number of aromatic nitrogens is 1. The Hall–Kier alpha value is -1.29. The minimum Gasteiger partial charge on any atom is -0.403 e. The van der Waals surface area contributed by atoms with E-state index < -0.39 is 17.8 Å². The molecule has 0 saturated carbocycles. The van der Waals surface area contributed by atoms with Gasteiger partial charge in [-0.15, -0.1) is 13.2 Å². The molecule has 0 amide bonds. The molecule has 1 aromatic heterocycles. The molecular weight excluding hydrogens is 265 g/mol. The Labute approximate surface area is 85.3 Å². The summed E-state index contributed by atoms with van der Waals surface area (Å²) in [7, 11) is 0. The molecule has 3 nitrogen and oxygen atoms in total. The van der Waals surface area contributed by atoms with Crippen molar-refractivity contribution in [1.82, 2.24) is 4.98 Å². The van der Waals surface area contributed by atoms with Crippen LogP contribution in [-0.4, -0.2) is 11.3 Å². The highest BCUT2D eigenvalue weighted by Gasteiger charge is 2.32. The van der Waals surface area contributed by atoms with Gasteiger partial charge in [0.25, 0.3) is 0 Å². The fourth-order valence-electron chi connectivity index (χ4n) is 0.710. The van der Waals surface area contributed by atoms with E-state index >= 15 is 0 Å². The standard InChI is InChI=1S/C7H2BrF3N2O/c8-6-2-1-5(4(3-12)13-6)14-7(9,10)11/h1-2H. The third kappa shape index (κ3) is 2.88. The van der Waals surface area contributed by atoms with Crippen molar-refractivity contribution in [3.05, 3.63) is 22.4 Å². The van der Waals surface area contributed by atoms with Crippen LogP contribution in [0, 0.1) is 11.3 Å². The predicted molar refractivity (Wildman–Crippen MR) is 43.3 cm³/mol. The van der Waals surface area contributed by atoms with Crippen molar-refractivity contribution < 1.29 is 17.9 Å². The Bertz CT molecular complexity index is 386. The van der Waals surface area contributed by atoms with Gasteiger partial charge < -0.3 is 4.74 Å². The van der Waals surface area contributed by atoms with Gasteiger partial charge in [0.15, 0.2) is 11.4 Å². The van der Waals surface area contributed by atoms with Crippen molar-refractivity contribution in [2.24, 2.45) is 0 Å². The van der Waals surface area contributed by atoms with Crippen LogP contribution in [0.4, 0.5) is 13.2 Å². The zero-order chi connectivity index (χ0) is 10.8. The van der Waals surface area contributed by atoms with E-state index in [1.54, 1.807) is 0 Å². The average Bonchev–Trinajstić information content (AvgIpc) is 2.06. The molecule has 0 aromatic carbocycles. The quantitative estimate of drug-likeness (QED) is 0.734. The monoisotopic (exact) mass is 266 g/mol. The van der Waals surface area contributed by atoms with Crippen LogP contribution in [0.3, 0.4) is 0 Å². The lowest BCUT2D eigenvalue weighted by Crippen LogP contribution is -2.18. The SMILES string of the molecule is N#Cc1nc(Br)ccc1OC(F)(F)F. The van der Waals surface area contributed by atoms with E-state index in [9.17, 15) is 13.2 Å². The van der Waals surface area contributed by atoms with Gasteiger partial charge in [0, 0.05) is 0 Å². The highest BCUT2D eigenvalue weighted by Crippen LogP contribution is 2.25. The maximum Gasteiger partial charge on any atom is 0.573 e. The summed E-state index contributed by atoms with van der Waals surface area (Å²) >= 11 is 2.92. The van der Waals surface area contributed by atoms with Crippen LogP contribution in [0.2, 0.25) is 0 Å². The summed E-state index contributed by atoms with van der Waals surface area (Å²) < 4.78 is 39.2. The second-order valence-corrected chi connectivity index (χ2v) is 2.95. The topological polar surface area (TPSA) is 45.9 Å². The van der Waals surface area contributed by atoms with Gasteiger partial charge in [-0.05, 0) is 28.1 Å². The van der Waals surface area contributed by atoms with Gasteiger partial charge in [-0.1, -0.05) is 0 Å². The van der Waals surface area contributed by atoms with Gasteiger partial charge in [-0.3, -0.25) is 0 Å². The van der Waals surface area contributed by atoms with Crippen LogP contribution < -0.4 is 4.74 Å². The van der Waals surface area contributed by atoms with E-state index in [0.29, 0.717) is 0 Å². The first-order chi connectivity index (χ1) is 6.42. The zero-order valence-corrected chi connectivity index (χ0v) is 8.06. The van der Waals surface area contributed by atoms with Gasteiger partial charge in [0.05, 0.1) is 0 Å². The summed E-state index contributed by atoms with van der Waals surface area (Å²) in [4.78, 5) is 3.51. The third-order valence-corrected chi connectivity index (χ3v) is 1.60. The number of nitrogens with zero attached hydrogens (tertiary/aromatic N) is 2. The summed E-state index contributed by atoms with van der Waals surface area (Å²) in [6.45, 7) is 0. The first kappa shape index (κ1) is 10.8. The van der Waals surface area contributed by atoms with Gasteiger partial charge in [-0.25, -0.2) is 4.98 Å². The van der Waals surface area contributed by atoms with Crippen LogP contribution in [0.25, 0.3) is 0 Å². The molecular formula is C7H2BrF3N2O. The fourth-order valence-corrected chi connectivity index (χ4v) is 1.02. The largest absolute Gasteiger partial charge is 0.573 e. The summed E-state index contributed by atoms with van der Waals surface area (Å²) in [5.41, 5.74) is -0.420. The molecule has 0 radical (unpaired) electrons. The number of halogens is 4. The van der Waals surface area contributed by atoms with Crippen LogP contribution in [0.15, 0.2) is 16.7 Å². The molecule has 0 saturated heterocycles. The average molecular weight is 267 g/mol. The van der Waals surface area contributed by atoms with Gasteiger partial charge in [-0.2, -0.15) is 5.26 Å². The molecule has 14 heavy (non-hydrogen) atoms. The van der Waals surface area contributed by atoms with Crippen molar-refractivity contribution >= 4 is 15.9 Å². The predicted octanol–water partition coefficient (Wildman–Crippen LogP) is 2.61. The maximum absolute atomic E-state index is 11.8. The van der Waals surface area contributed by atoms with Crippen molar-refractivity contribution in [1.29, 1.82) is 5.26 Å². The summed E-state index contributed by atoms with van der Waals surface area (Å²) in [6, 6.07) is 3.76. The Morgan fingerprint density at radius 1 is 1.43 bits per heavy atom. The Morgan fingerprint density at radius 2 is 2.07 bits per heavy atom. The first-order valence-electron chi connectivity index (χ1n) is 3.25. The van der Waals surface area contributed by atoms with Gasteiger partial charge in [0.2, 0.25) is 0 Å². The number of hydrogen-bond donors (Lipinski definition) is 0. The lowest BCUT2D eigenvalue weighted by molar-refractivity contribution is -0.274. The molecule has 0 aliphatic carbocycles. The van der Waals surface area contributed by atoms with Crippen LogP contribution >= 0.6 is 15.9 Å². The summed E-state index contributed by atoms with van der Waals surface area (Å²) in [5, 5.41) is 8.46. The molecule has 0 fully saturated rings. The number of alkyl halides is 3. The molecule has 0 unspecified atom stereocenters. The normalized spacial score (nSPS) is 10.8. The number of ether oxygens (including phenoxy) is 1. The van der Waals surface area contributed by atoms with Crippen molar-refractivity contribution in [3.63, 3.8) is 0 Å². The van der Waals surface area contributed by atoms with Crippen molar-refractivity contribution in [3.8, 4) is 11.8 Å². The fraction of sp³-hybridized carbons (Fsp3) is 0.143. The molecule has 1 heterocycles. The molecule has 0 atom stereocenters. The number of rotatable bonds is 1. The molecule has 0 aliphatic heterocycles. The highest BCUT2D eigenvalue weighted by atomic mass is 79.9. The van der Waals surface area contributed by atoms with E-state index in [-0.39, 0.29) is 4.60 Å². The molecule has 0 spiro atoms. The van der Waals surface area contributed by atoms with Gasteiger partial charge in [0.1, 0.15) is 10.7 Å². The third-order valence-electron chi connectivity index (χ3n) is 1.16. The minimum absolute atomic E-state index is 0.267. The van der Waals surface area contributed by atoms with Crippen LogP contribution in [0.1, 0.15) is 5.69 Å². The summed E-state index contributed by atoms with van der Waals surface area (Å²) in [6.07, 6.45) is -4.82. The number of pyridine rings is 1. The van der Waals surface area contributed by atoms with E-state index in [0.717, 1.165) is 6.07 Å². The smallest absolute Gasteiger partial charge is 0.403 e. The lowest BCUT2D eigenvalue weighted by Gasteiger charge is -2.09. The summed E-state index contributed by atoms with van der Waals surface area (Å²) in [5.74, 6) is -0.608. The van der Waals surface area contributed by atoms with Crippen LogP contribution in [-0.2, 0) is 0 Å². The molecule has 7 heteroatoms. The molecule has 1 rings (SSSR count). The molecule has 1 aromatic rings. The minimum atomic E-state index is -4.82. The first-order valence-corrected chi connectivity index (χ1v) is 4.04. The van der Waals surface area contributed by atoms with E-state index in [1.165, 1.54) is 12.1 Å². The number of nitriles is 1. The molecule has 0 aliphatic rings. The van der Waals surface area contributed by atoms with Crippen molar-refractivity contribution in [2.45, 2.75) is 6.36 Å². The molecule has 74 valence electrons.